The zero-order valence-electron chi connectivity index (χ0n) is 16.7. The number of piperazine rings is 1. The van der Waals surface area contributed by atoms with E-state index < -0.39 is 17.0 Å². The highest BCUT2D eigenvalue weighted by molar-refractivity contribution is 6.33. The number of nitro groups is 1. The fourth-order valence-corrected chi connectivity index (χ4v) is 3.49. The Hall–Kier alpha value is -2.91. The number of carbonyl (C=O) groups is 2. The van der Waals surface area contributed by atoms with Gasteiger partial charge in [0.25, 0.3) is 11.6 Å². The maximum atomic E-state index is 12.5. The SMILES string of the molecule is CCN1CCN(C(=O)[C@H](C)OC(=O)c2ccc(-c3ccc([N+](=O)[O-])cc3Cl)o2)CC1. The van der Waals surface area contributed by atoms with Crippen LogP contribution in [0.1, 0.15) is 24.4 Å². The average Bonchev–Trinajstić information content (AvgIpc) is 3.23. The Morgan fingerprint density at radius 3 is 2.53 bits per heavy atom. The molecule has 0 N–H and O–H groups in total. The third kappa shape index (κ3) is 4.80. The van der Waals surface area contributed by atoms with E-state index in [2.05, 4.69) is 11.8 Å². The first-order valence-corrected chi connectivity index (χ1v) is 9.94. The fourth-order valence-electron chi connectivity index (χ4n) is 3.22. The van der Waals surface area contributed by atoms with Crippen molar-refractivity contribution in [3.63, 3.8) is 0 Å². The molecule has 1 amide bonds. The number of halogens is 1. The van der Waals surface area contributed by atoms with Crippen LogP contribution in [0, 0.1) is 10.1 Å². The Morgan fingerprint density at radius 2 is 1.93 bits per heavy atom. The molecule has 160 valence electrons. The highest BCUT2D eigenvalue weighted by Gasteiger charge is 2.28. The molecule has 9 nitrogen and oxygen atoms in total. The van der Waals surface area contributed by atoms with Gasteiger partial charge in [-0.25, -0.2) is 4.79 Å². The maximum Gasteiger partial charge on any atom is 0.375 e. The van der Waals surface area contributed by atoms with Crippen LogP contribution in [0.2, 0.25) is 5.02 Å². The number of likely N-dealkylation sites (N-methyl/N-ethyl adjacent to an activating group) is 1. The minimum Gasteiger partial charge on any atom is -0.449 e. The predicted molar refractivity (Wildman–Crippen MR) is 109 cm³/mol. The molecule has 1 aromatic heterocycles. The van der Waals surface area contributed by atoms with Gasteiger partial charge in [0, 0.05) is 43.9 Å². The number of rotatable bonds is 6. The molecule has 2 heterocycles. The average molecular weight is 436 g/mol. The van der Waals surface area contributed by atoms with Gasteiger partial charge >= 0.3 is 5.97 Å². The number of esters is 1. The standard InChI is InChI=1S/C20H22ClN3O6/c1-3-22-8-10-23(11-9-22)19(25)13(2)29-20(26)18-7-6-17(30-18)15-5-4-14(24(27)28)12-16(15)21/h4-7,12-13H,3,8-11H2,1-2H3/t13-/m0/s1. The number of non-ortho nitro benzene ring substituents is 1. The minimum atomic E-state index is -0.942. The Labute approximate surface area is 178 Å². The molecule has 2 aromatic rings. The smallest absolute Gasteiger partial charge is 0.375 e. The molecule has 1 aliphatic rings. The number of hydrogen-bond donors (Lipinski definition) is 0. The topological polar surface area (TPSA) is 106 Å². The molecule has 0 spiro atoms. The molecule has 1 fully saturated rings. The summed E-state index contributed by atoms with van der Waals surface area (Å²) in [7, 11) is 0. The van der Waals surface area contributed by atoms with Gasteiger partial charge in [0.1, 0.15) is 5.76 Å². The summed E-state index contributed by atoms with van der Waals surface area (Å²) in [6.45, 7) is 7.32. The number of nitro benzene ring substituents is 1. The number of hydrogen-bond acceptors (Lipinski definition) is 7. The first-order valence-electron chi connectivity index (χ1n) is 9.56. The summed E-state index contributed by atoms with van der Waals surface area (Å²) in [5.74, 6) is -0.844. The molecule has 0 bridgehead atoms. The Morgan fingerprint density at radius 1 is 1.23 bits per heavy atom. The lowest BCUT2D eigenvalue weighted by molar-refractivity contribution is -0.384. The number of carbonyl (C=O) groups excluding carboxylic acids is 2. The fraction of sp³-hybridized carbons (Fsp3) is 0.400. The lowest BCUT2D eigenvalue weighted by atomic mass is 10.1. The lowest BCUT2D eigenvalue weighted by Gasteiger charge is -2.35. The van der Waals surface area contributed by atoms with E-state index in [1.165, 1.54) is 37.3 Å². The predicted octanol–water partition coefficient (Wildman–Crippen LogP) is 3.22. The Balaban J connectivity index is 1.64. The van der Waals surface area contributed by atoms with Gasteiger partial charge in [0.15, 0.2) is 6.10 Å². The van der Waals surface area contributed by atoms with Crippen LogP contribution < -0.4 is 0 Å². The van der Waals surface area contributed by atoms with Crippen LogP contribution in [0.4, 0.5) is 5.69 Å². The summed E-state index contributed by atoms with van der Waals surface area (Å²) in [5, 5.41) is 10.9. The molecule has 1 aromatic carbocycles. The van der Waals surface area contributed by atoms with Gasteiger partial charge in [0.05, 0.1) is 9.95 Å². The van der Waals surface area contributed by atoms with E-state index in [4.69, 9.17) is 20.8 Å². The van der Waals surface area contributed by atoms with Crippen LogP contribution in [-0.2, 0) is 9.53 Å². The summed E-state index contributed by atoms with van der Waals surface area (Å²) >= 11 is 6.10. The molecule has 1 saturated heterocycles. The van der Waals surface area contributed by atoms with E-state index in [1.54, 1.807) is 4.90 Å². The van der Waals surface area contributed by atoms with Crippen molar-refractivity contribution in [2.75, 3.05) is 32.7 Å². The largest absolute Gasteiger partial charge is 0.449 e. The third-order valence-corrected chi connectivity index (χ3v) is 5.31. The van der Waals surface area contributed by atoms with Gasteiger partial charge in [-0.3, -0.25) is 14.9 Å². The second kappa shape index (κ2) is 9.27. The summed E-state index contributed by atoms with van der Waals surface area (Å²) in [5.41, 5.74) is 0.251. The molecule has 3 rings (SSSR count). The van der Waals surface area contributed by atoms with Gasteiger partial charge in [-0.2, -0.15) is 0 Å². The van der Waals surface area contributed by atoms with Gasteiger partial charge in [0.2, 0.25) is 5.76 Å². The second-order valence-corrected chi connectivity index (χ2v) is 7.30. The number of ether oxygens (including phenoxy) is 1. The quantitative estimate of drug-likeness (QED) is 0.389. The first kappa shape index (κ1) is 21.8. The van der Waals surface area contributed by atoms with E-state index in [-0.39, 0.29) is 28.1 Å². The van der Waals surface area contributed by atoms with Crippen molar-refractivity contribution >= 4 is 29.2 Å². The Bertz CT molecular complexity index is 952. The zero-order valence-corrected chi connectivity index (χ0v) is 17.4. The zero-order chi connectivity index (χ0) is 21.8. The summed E-state index contributed by atoms with van der Waals surface area (Å²) in [6.07, 6.45) is -0.942. The third-order valence-electron chi connectivity index (χ3n) is 5.00. The number of amides is 1. The van der Waals surface area contributed by atoms with Crippen molar-refractivity contribution in [3.8, 4) is 11.3 Å². The van der Waals surface area contributed by atoms with E-state index in [1.807, 2.05) is 0 Å². The molecular weight excluding hydrogens is 414 g/mol. The van der Waals surface area contributed by atoms with Crippen molar-refractivity contribution in [2.45, 2.75) is 20.0 Å². The van der Waals surface area contributed by atoms with Gasteiger partial charge in [-0.05, 0) is 31.7 Å². The van der Waals surface area contributed by atoms with Crippen LogP contribution >= 0.6 is 11.6 Å². The van der Waals surface area contributed by atoms with Crippen molar-refractivity contribution in [1.82, 2.24) is 9.80 Å². The number of furan rings is 1. The second-order valence-electron chi connectivity index (χ2n) is 6.89. The normalized spacial score (nSPS) is 15.6. The summed E-state index contributed by atoms with van der Waals surface area (Å²) < 4.78 is 10.8. The van der Waals surface area contributed by atoms with Crippen LogP contribution in [0.3, 0.4) is 0 Å². The van der Waals surface area contributed by atoms with E-state index >= 15 is 0 Å². The minimum absolute atomic E-state index is 0.0881. The molecule has 1 aliphatic heterocycles. The molecule has 0 radical (unpaired) electrons. The van der Waals surface area contributed by atoms with Crippen LogP contribution in [-0.4, -0.2) is 65.4 Å². The van der Waals surface area contributed by atoms with Gasteiger partial charge < -0.3 is 19.0 Å². The lowest BCUT2D eigenvalue weighted by Crippen LogP contribution is -2.51. The van der Waals surface area contributed by atoms with Crippen molar-refractivity contribution in [1.29, 1.82) is 0 Å². The van der Waals surface area contributed by atoms with Crippen molar-refractivity contribution in [3.05, 3.63) is 51.2 Å². The van der Waals surface area contributed by atoms with Crippen molar-refractivity contribution < 1.29 is 23.7 Å². The van der Waals surface area contributed by atoms with Crippen LogP contribution in [0.25, 0.3) is 11.3 Å². The monoisotopic (exact) mass is 435 g/mol. The molecule has 30 heavy (non-hydrogen) atoms. The molecule has 1 atom stereocenters. The summed E-state index contributed by atoms with van der Waals surface area (Å²) in [6, 6.07) is 6.86. The molecule has 0 aliphatic carbocycles. The van der Waals surface area contributed by atoms with Gasteiger partial charge in [-0.15, -0.1) is 0 Å². The van der Waals surface area contributed by atoms with E-state index in [0.717, 1.165) is 19.6 Å². The molecule has 10 heteroatoms. The summed E-state index contributed by atoms with van der Waals surface area (Å²) in [4.78, 5) is 39.1. The maximum absolute atomic E-state index is 12.5. The Kier molecular flexibility index (Phi) is 6.73. The van der Waals surface area contributed by atoms with E-state index in [0.29, 0.717) is 18.7 Å². The molecule has 0 unspecified atom stereocenters. The molecular formula is C20H22ClN3O6. The van der Waals surface area contributed by atoms with E-state index in [9.17, 15) is 19.7 Å². The van der Waals surface area contributed by atoms with Crippen molar-refractivity contribution in [2.24, 2.45) is 0 Å². The highest BCUT2D eigenvalue weighted by Crippen LogP contribution is 2.32. The highest BCUT2D eigenvalue weighted by atomic mass is 35.5. The number of nitrogens with zero attached hydrogens (tertiary/aromatic N) is 3. The van der Waals surface area contributed by atoms with Gasteiger partial charge in [-0.1, -0.05) is 18.5 Å². The number of benzene rings is 1. The molecule has 0 saturated carbocycles. The van der Waals surface area contributed by atoms with Crippen LogP contribution in [0.15, 0.2) is 34.7 Å². The van der Waals surface area contributed by atoms with Crippen LogP contribution in [0.5, 0.6) is 0 Å². The first-order chi connectivity index (χ1) is 14.3.